The number of aromatic nitrogens is 1. The minimum atomic E-state index is -0.0693. The van der Waals surface area contributed by atoms with Crippen LogP contribution in [0.15, 0.2) is 29.1 Å². The number of fused-ring (bicyclic) bond motifs is 1. The van der Waals surface area contributed by atoms with Gasteiger partial charge in [0.1, 0.15) is 5.75 Å². The molecule has 1 heterocycles. The van der Waals surface area contributed by atoms with Gasteiger partial charge in [-0.2, -0.15) is 0 Å². The molecule has 1 N–H and O–H groups in total. The van der Waals surface area contributed by atoms with Gasteiger partial charge in [0, 0.05) is 17.0 Å². The molecular weight excluding hydrogens is 178 g/mol. The highest BCUT2D eigenvalue weighted by atomic mass is 16.5. The number of aryl methyl sites for hydroxylation is 1. The quantitative estimate of drug-likeness (QED) is 0.743. The van der Waals surface area contributed by atoms with E-state index in [4.69, 9.17) is 4.74 Å². The van der Waals surface area contributed by atoms with Gasteiger partial charge in [-0.15, -0.1) is 0 Å². The second-order valence-electron chi connectivity index (χ2n) is 3.23. The van der Waals surface area contributed by atoms with Crippen molar-refractivity contribution in [1.29, 1.82) is 0 Å². The fourth-order valence-electron chi connectivity index (χ4n) is 1.53. The van der Waals surface area contributed by atoms with Gasteiger partial charge in [-0.25, -0.2) is 0 Å². The van der Waals surface area contributed by atoms with Crippen LogP contribution < -0.4 is 10.3 Å². The van der Waals surface area contributed by atoms with Crippen LogP contribution in [0.5, 0.6) is 5.75 Å². The van der Waals surface area contributed by atoms with Crippen LogP contribution in [0.25, 0.3) is 10.9 Å². The van der Waals surface area contributed by atoms with Crippen LogP contribution in [-0.2, 0) is 0 Å². The SMILES string of the molecule is COc1ccc2[nH]c(=O)cc(C)c2c1. The third kappa shape index (κ3) is 1.37. The van der Waals surface area contributed by atoms with Crippen LogP contribution in [0.3, 0.4) is 0 Å². The largest absolute Gasteiger partial charge is 0.497 e. The van der Waals surface area contributed by atoms with Crippen LogP contribution in [0.4, 0.5) is 0 Å². The normalized spacial score (nSPS) is 10.4. The van der Waals surface area contributed by atoms with Crippen LogP contribution in [0.2, 0.25) is 0 Å². The molecule has 0 aliphatic carbocycles. The zero-order valence-corrected chi connectivity index (χ0v) is 8.13. The maximum absolute atomic E-state index is 11.2. The molecule has 0 aliphatic heterocycles. The smallest absolute Gasteiger partial charge is 0.248 e. The number of hydrogen-bond donors (Lipinski definition) is 1. The van der Waals surface area contributed by atoms with Crippen molar-refractivity contribution in [3.05, 3.63) is 40.2 Å². The summed E-state index contributed by atoms with van der Waals surface area (Å²) in [6, 6.07) is 7.18. The van der Waals surface area contributed by atoms with E-state index >= 15 is 0 Å². The van der Waals surface area contributed by atoms with Crippen molar-refractivity contribution in [2.45, 2.75) is 6.92 Å². The minimum absolute atomic E-state index is 0.0693. The van der Waals surface area contributed by atoms with Gasteiger partial charge < -0.3 is 9.72 Å². The lowest BCUT2D eigenvalue weighted by Crippen LogP contribution is -2.04. The van der Waals surface area contributed by atoms with Crippen molar-refractivity contribution in [3.63, 3.8) is 0 Å². The highest BCUT2D eigenvalue weighted by molar-refractivity contribution is 5.83. The second-order valence-corrected chi connectivity index (χ2v) is 3.23. The Morgan fingerprint density at radius 3 is 2.79 bits per heavy atom. The van der Waals surface area contributed by atoms with Crippen molar-refractivity contribution in [1.82, 2.24) is 4.98 Å². The topological polar surface area (TPSA) is 42.1 Å². The van der Waals surface area contributed by atoms with E-state index in [0.29, 0.717) is 0 Å². The van der Waals surface area contributed by atoms with Gasteiger partial charge in [0.15, 0.2) is 0 Å². The molecule has 1 aromatic heterocycles. The van der Waals surface area contributed by atoms with Gasteiger partial charge in [0.25, 0.3) is 0 Å². The van der Waals surface area contributed by atoms with E-state index in [0.717, 1.165) is 22.2 Å². The summed E-state index contributed by atoms with van der Waals surface area (Å²) in [6.45, 7) is 1.91. The van der Waals surface area contributed by atoms with Crippen molar-refractivity contribution >= 4 is 10.9 Å². The zero-order chi connectivity index (χ0) is 10.1. The van der Waals surface area contributed by atoms with E-state index in [1.807, 2.05) is 25.1 Å². The molecule has 0 spiro atoms. The van der Waals surface area contributed by atoms with Crippen LogP contribution in [0, 0.1) is 6.92 Å². The zero-order valence-electron chi connectivity index (χ0n) is 8.13. The van der Waals surface area contributed by atoms with Gasteiger partial charge in [0.05, 0.1) is 7.11 Å². The van der Waals surface area contributed by atoms with E-state index in [2.05, 4.69) is 4.98 Å². The molecule has 72 valence electrons. The van der Waals surface area contributed by atoms with Crippen molar-refractivity contribution in [2.24, 2.45) is 0 Å². The van der Waals surface area contributed by atoms with Crippen molar-refractivity contribution in [2.75, 3.05) is 7.11 Å². The molecule has 3 nitrogen and oxygen atoms in total. The van der Waals surface area contributed by atoms with Gasteiger partial charge in [-0.3, -0.25) is 4.79 Å². The summed E-state index contributed by atoms with van der Waals surface area (Å²) in [5.74, 6) is 0.799. The number of rotatable bonds is 1. The van der Waals surface area contributed by atoms with Gasteiger partial charge in [-0.1, -0.05) is 0 Å². The predicted molar refractivity (Wildman–Crippen MR) is 55.9 cm³/mol. The lowest BCUT2D eigenvalue weighted by molar-refractivity contribution is 0.415. The molecule has 0 saturated carbocycles. The Labute approximate surface area is 81.3 Å². The first kappa shape index (κ1) is 8.81. The van der Waals surface area contributed by atoms with E-state index in [1.165, 1.54) is 0 Å². The van der Waals surface area contributed by atoms with Gasteiger partial charge >= 0.3 is 0 Å². The van der Waals surface area contributed by atoms with Crippen molar-refractivity contribution in [3.8, 4) is 5.75 Å². The van der Waals surface area contributed by atoms with Crippen LogP contribution in [0.1, 0.15) is 5.56 Å². The Bertz CT molecular complexity index is 528. The first-order valence-corrected chi connectivity index (χ1v) is 4.38. The van der Waals surface area contributed by atoms with E-state index in [1.54, 1.807) is 13.2 Å². The van der Waals surface area contributed by atoms with Crippen LogP contribution >= 0.6 is 0 Å². The Balaban J connectivity index is 2.82. The maximum Gasteiger partial charge on any atom is 0.248 e. The number of benzene rings is 1. The lowest BCUT2D eigenvalue weighted by atomic mass is 10.1. The molecule has 0 unspecified atom stereocenters. The summed E-state index contributed by atoms with van der Waals surface area (Å²) >= 11 is 0. The molecule has 0 amide bonds. The summed E-state index contributed by atoms with van der Waals surface area (Å²) in [6.07, 6.45) is 0. The third-order valence-electron chi connectivity index (χ3n) is 2.26. The van der Waals surface area contributed by atoms with Gasteiger partial charge in [0.2, 0.25) is 5.56 Å². The molecule has 0 saturated heterocycles. The highest BCUT2D eigenvalue weighted by Gasteiger charge is 2.00. The van der Waals surface area contributed by atoms with Gasteiger partial charge in [-0.05, 0) is 30.7 Å². The summed E-state index contributed by atoms with van der Waals surface area (Å²) in [7, 11) is 1.63. The Hall–Kier alpha value is -1.77. The number of aromatic amines is 1. The molecule has 1 aromatic carbocycles. The number of methoxy groups -OCH3 is 1. The number of hydrogen-bond acceptors (Lipinski definition) is 2. The number of H-pyrrole nitrogens is 1. The molecule has 0 radical (unpaired) electrons. The summed E-state index contributed by atoms with van der Waals surface area (Å²) in [4.78, 5) is 13.9. The second kappa shape index (κ2) is 3.18. The monoisotopic (exact) mass is 189 g/mol. The molecule has 2 aromatic rings. The Morgan fingerprint density at radius 1 is 1.29 bits per heavy atom. The minimum Gasteiger partial charge on any atom is -0.497 e. The molecule has 0 aliphatic rings. The molecule has 3 heteroatoms. The molecule has 14 heavy (non-hydrogen) atoms. The number of pyridine rings is 1. The predicted octanol–water partition coefficient (Wildman–Crippen LogP) is 1.85. The molecule has 2 rings (SSSR count). The van der Waals surface area contributed by atoms with E-state index < -0.39 is 0 Å². The fraction of sp³-hybridized carbons (Fsp3) is 0.182. The summed E-state index contributed by atoms with van der Waals surface area (Å²) in [5, 5.41) is 1.02. The molecular formula is C11H11NO2. The highest BCUT2D eigenvalue weighted by Crippen LogP contribution is 2.20. The first-order valence-electron chi connectivity index (χ1n) is 4.38. The third-order valence-corrected chi connectivity index (χ3v) is 2.26. The number of ether oxygens (including phenoxy) is 1. The van der Waals surface area contributed by atoms with Crippen molar-refractivity contribution < 1.29 is 4.74 Å². The lowest BCUT2D eigenvalue weighted by Gasteiger charge is -2.04. The molecule has 0 bridgehead atoms. The average molecular weight is 189 g/mol. The number of nitrogens with one attached hydrogen (secondary N) is 1. The fourth-order valence-corrected chi connectivity index (χ4v) is 1.53. The van der Waals surface area contributed by atoms with E-state index in [9.17, 15) is 4.79 Å². The van der Waals surface area contributed by atoms with Crippen LogP contribution in [-0.4, -0.2) is 12.1 Å². The Kier molecular flexibility index (Phi) is 2.00. The summed E-state index contributed by atoms with van der Waals surface area (Å²) < 4.78 is 5.12. The standard InChI is InChI=1S/C11H11NO2/c1-7-5-11(13)12-10-4-3-8(14-2)6-9(7)10/h3-6H,1-2H3,(H,12,13). The Morgan fingerprint density at radius 2 is 2.07 bits per heavy atom. The molecule has 0 fully saturated rings. The average Bonchev–Trinajstić information content (AvgIpc) is 2.17. The maximum atomic E-state index is 11.2. The first-order chi connectivity index (χ1) is 6.70. The van der Waals surface area contributed by atoms with E-state index in [-0.39, 0.29) is 5.56 Å². The summed E-state index contributed by atoms with van der Waals surface area (Å²) in [5.41, 5.74) is 1.73. The molecule has 0 atom stereocenters.